The van der Waals surface area contributed by atoms with Crippen molar-refractivity contribution in [2.75, 3.05) is 13.6 Å². The molecule has 2 N–H and O–H groups in total. The maximum absolute atomic E-state index is 12.2. The third-order valence-electron chi connectivity index (χ3n) is 2.46. The number of nitrogens with zero attached hydrogens (tertiary/aromatic N) is 2. The molecular weight excluding hydrogens is 258 g/mol. The second-order valence-corrected chi connectivity index (χ2v) is 5.72. The monoisotopic (exact) mass is 269 g/mol. The van der Waals surface area contributed by atoms with Gasteiger partial charge >= 0.3 is 5.97 Å². The van der Waals surface area contributed by atoms with Gasteiger partial charge < -0.3 is 10.1 Å². The van der Waals surface area contributed by atoms with Gasteiger partial charge in [-0.3, -0.25) is 4.79 Å². The van der Waals surface area contributed by atoms with Crippen LogP contribution in [0.4, 0.5) is 0 Å². The molecule has 0 fully saturated rings. The molecule has 7 nitrogen and oxygen atoms in total. The number of H-pyrrole nitrogens is 1. The van der Waals surface area contributed by atoms with E-state index in [0.29, 0.717) is 11.0 Å². The van der Waals surface area contributed by atoms with Crippen LogP contribution < -0.4 is 0 Å². The van der Waals surface area contributed by atoms with Gasteiger partial charge in [-0.05, 0) is 12.1 Å². The number of pyridine rings is 1. The van der Waals surface area contributed by atoms with Crippen molar-refractivity contribution in [3.63, 3.8) is 0 Å². The van der Waals surface area contributed by atoms with E-state index in [0.717, 1.165) is 4.31 Å². The number of nitrogens with one attached hydrogen (secondary N) is 1. The van der Waals surface area contributed by atoms with Crippen molar-refractivity contribution in [3.8, 4) is 0 Å². The number of carboxylic acid groups (broad SMARTS) is 1. The van der Waals surface area contributed by atoms with Gasteiger partial charge in [0.1, 0.15) is 17.1 Å². The van der Waals surface area contributed by atoms with Crippen LogP contribution in [0.5, 0.6) is 0 Å². The van der Waals surface area contributed by atoms with Gasteiger partial charge in [0.2, 0.25) is 10.0 Å². The number of likely N-dealkylation sites (N-methyl/N-ethyl adjacent to an activating group) is 1. The lowest BCUT2D eigenvalue weighted by Gasteiger charge is -2.13. The standard InChI is InChI=1S/C10H11N3O4S/c1-13(6-9(14)15)18(16,17)8-5-12-10-7(8)3-2-4-11-10/h2-5H,6H2,1H3,(H,11,12)(H,14,15). The van der Waals surface area contributed by atoms with Crippen molar-refractivity contribution in [3.05, 3.63) is 24.5 Å². The van der Waals surface area contributed by atoms with Crippen molar-refractivity contribution in [2.24, 2.45) is 0 Å². The normalized spacial score (nSPS) is 12.1. The SMILES string of the molecule is CN(CC(=O)O)S(=O)(=O)c1c[nH]c2ncccc12. The predicted octanol–water partition coefficient (Wildman–Crippen LogP) is 0.268. The molecule has 0 atom stereocenters. The average molecular weight is 269 g/mol. The summed E-state index contributed by atoms with van der Waals surface area (Å²) < 4.78 is 25.1. The number of carboxylic acids is 1. The van der Waals surface area contributed by atoms with Gasteiger partial charge in [-0.25, -0.2) is 13.4 Å². The van der Waals surface area contributed by atoms with Gasteiger partial charge in [-0.2, -0.15) is 4.31 Å². The number of carbonyl (C=O) groups is 1. The van der Waals surface area contributed by atoms with Crippen LogP contribution in [0.3, 0.4) is 0 Å². The van der Waals surface area contributed by atoms with Gasteiger partial charge in [0, 0.05) is 24.8 Å². The summed E-state index contributed by atoms with van der Waals surface area (Å²) in [4.78, 5) is 17.3. The summed E-state index contributed by atoms with van der Waals surface area (Å²) in [5, 5.41) is 9.07. The Morgan fingerprint density at radius 3 is 2.94 bits per heavy atom. The zero-order valence-corrected chi connectivity index (χ0v) is 10.3. The van der Waals surface area contributed by atoms with Gasteiger partial charge in [0.05, 0.1) is 0 Å². The number of sulfonamides is 1. The number of hydrogen-bond donors (Lipinski definition) is 2. The maximum Gasteiger partial charge on any atom is 0.318 e. The zero-order chi connectivity index (χ0) is 13.3. The number of aromatic amines is 1. The van der Waals surface area contributed by atoms with Crippen molar-refractivity contribution in [1.82, 2.24) is 14.3 Å². The fourth-order valence-corrected chi connectivity index (χ4v) is 2.85. The highest BCUT2D eigenvalue weighted by molar-refractivity contribution is 7.89. The van der Waals surface area contributed by atoms with Crippen LogP contribution >= 0.6 is 0 Å². The van der Waals surface area contributed by atoms with Gasteiger partial charge in [0.25, 0.3) is 0 Å². The summed E-state index contributed by atoms with van der Waals surface area (Å²) in [5.74, 6) is -1.21. The Labute approximate surface area is 103 Å². The Bertz CT molecular complexity index is 692. The molecule has 0 saturated heterocycles. The first-order valence-corrected chi connectivity index (χ1v) is 6.47. The summed E-state index contributed by atoms with van der Waals surface area (Å²) in [6, 6.07) is 3.23. The first kappa shape index (κ1) is 12.5. The van der Waals surface area contributed by atoms with E-state index in [9.17, 15) is 13.2 Å². The van der Waals surface area contributed by atoms with E-state index >= 15 is 0 Å². The molecule has 0 aromatic carbocycles. The first-order valence-electron chi connectivity index (χ1n) is 5.03. The Balaban J connectivity index is 2.50. The van der Waals surface area contributed by atoms with Gasteiger partial charge in [-0.1, -0.05) is 0 Å². The van der Waals surface area contributed by atoms with E-state index < -0.39 is 22.5 Å². The third kappa shape index (κ3) is 2.07. The van der Waals surface area contributed by atoms with Gasteiger partial charge in [-0.15, -0.1) is 0 Å². The quantitative estimate of drug-likeness (QED) is 0.829. The van der Waals surface area contributed by atoms with Crippen LogP contribution in [0.25, 0.3) is 11.0 Å². The summed E-state index contributed by atoms with van der Waals surface area (Å²) in [5.41, 5.74) is 0.444. The molecule has 2 aromatic heterocycles. The molecule has 0 unspecified atom stereocenters. The Morgan fingerprint density at radius 2 is 2.28 bits per heavy atom. The number of fused-ring (bicyclic) bond motifs is 1. The van der Waals surface area contributed by atoms with E-state index in [1.807, 2.05) is 0 Å². The fourth-order valence-electron chi connectivity index (χ4n) is 1.59. The van der Waals surface area contributed by atoms with E-state index in [1.165, 1.54) is 19.4 Å². The predicted molar refractivity (Wildman–Crippen MR) is 63.5 cm³/mol. The number of rotatable bonds is 4. The summed E-state index contributed by atoms with van der Waals surface area (Å²) in [6.07, 6.45) is 2.85. The van der Waals surface area contributed by atoms with Crippen LogP contribution in [0.1, 0.15) is 0 Å². The van der Waals surface area contributed by atoms with Crippen molar-refractivity contribution in [2.45, 2.75) is 4.90 Å². The summed E-state index contributed by atoms with van der Waals surface area (Å²) in [7, 11) is -2.62. The Hall–Kier alpha value is -1.93. The third-order valence-corrected chi connectivity index (χ3v) is 4.30. The smallest absolute Gasteiger partial charge is 0.318 e. The van der Waals surface area contributed by atoms with Crippen molar-refractivity contribution >= 4 is 27.0 Å². The van der Waals surface area contributed by atoms with Crippen LogP contribution in [0.2, 0.25) is 0 Å². The minimum Gasteiger partial charge on any atom is -0.480 e. The van der Waals surface area contributed by atoms with Crippen LogP contribution in [-0.4, -0.2) is 47.4 Å². The van der Waals surface area contributed by atoms with E-state index in [2.05, 4.69) is 9.97 Å². The molecule has 0 aliphatic carbocycles. The van der Waals surface area contributed by atoms with Crippen LogP contribution in [-0.2, 0) is 14.8 Å². The maximum atomic E-state index is 12.2. The molecule has 0 spiro atoms. The number of aliphatic carboxylic acids is 1. The van der Waals surface area contributed by atoms with E-state index in [-0.39, 0.29) is 4.90 Å². The second-order valence-electron chi connectivity index (χ2n) is 3.71. The zero-order valence-electron chi connectivity index (χ0n) is 9.49. The molecule has 18 heavy (non-hydrogen) atoms. The lowest BCUT2D eigenvalue weighted by Crippen LogP contribution is -2.31. The van der Waals surface area contributed by atoms with Crippen molar-refractivity contribution in [1.29, 1.82) is 0 Å². The summed E-state index contributed by atoms with van der Waals surface area (Å²) >= 11 is 0. The molecule has 0 bridgehead atoms. The molecular formula is C10H11N3O4S. The van der Waals surface area contributed by atoms with E-state index in [4.69, 9.17) is 5.11 Å². The molecule has 0 amide bonds. The van der Waals surface area contributed by atoms with Crippen LogP contribution in [0, 0.1) is 0 Å². The number of aromatic nitrogens is 2. The molecule has 0 radical (unpaired) electrons. The second kappa shape index (κ2) is 4.39. The average Bonchev–Trinajstić information content (AvgIpc) is 2.72. The number of hydrogen-bond acceptors (Lipinski definition) is 4. The highest BCUT2D eigenvalue weighted by atomic mass is 32.2. The molecule has 8 heteroatoms. The van der Waals surface area contributed by atoms with E-state index in [1.54, 1.807) is 12.1 Å². The molecule has 96 valence electrons. The Kier molecular flexibility index (Phi) is 3.05. The topological polar surface area (TPSA) is 103 Å². The molecule has 2 rings (SSSR count). The van der Waals surface area contributed by atoms with Crippen molar-refractivity contribution < 1.29 is 18.3 Å². The van der Waals surface area contributed by atoms with Crippen LogP contribution in [0.15, 0.2) is 29.4 Å². The molecule has 2 heterocycles. The van der Waals surface area contributed by atoms with Gasteiger partial charge in [0.15, 0.2) is 0 Å². The lowest BCUT2D eigenvalue weighted by atomic mass is 10.3. The molecule has 0 saturated carbocycles. The minimum absolute atomic E-state index is 0.0225. The highest BCUT2D eigenvalue weighted by Crippen LogP contribution is 2.23. The highest BCUT2D eigenvalue weighted by Gasteiger charge is 2.25. The minimum atomic E-state index is -3.84. The fraction of sp³-hybridized carbons (Fsp3) is 0.200. The first-order chi connectivity index (χ1) is 8.43. The molecule has 0 aliphatic rings. The molecule has 0 aliphatic heterocycles. The largest absolute Gasteiger partial charge is 0.480 e. The Morgan fingerprint density at radius 1 is 1.56 bits per heavy atom. The summed E-state index contributed by atoms with van der Waals surface area (Å²) in [6.45, 7) is -0.588. The molecule has 2 aromatic rings. The lowest BCUT2D eigenvalue weighted by molar-refractivity contribution is -0.137.